The van der Waals surface area contributed by atoms with E-state index >= 15 is 0 Å². The Labute approximate surface area is 153 Å². The topological polar surface area (TPSA) is 76.8 Å². The van der Waals surface area contributed by atoms with Crippen LogP contribution >= 0.6 is 0 Å². The number of nitrogens with zero attached hydrogens (tertiary/aromatic N) is 2. The van der Waals surface area contributed by atoms with Crippen LogP contribution in [0, 0.1) is 13.8 Å². The van der Waals surface area contributed by atoms with Gasteiger partial charge in [0.2, 0.25) is 0 Å². The summed E-state index contributed by atoms with van der Waals surface area (Å²) in [6.07, 6.45) is 0.904. The van der Waals surface area contributed by atoms with E-state index in [0.717, 1.165) is 43.1 Å². The number of nitrogens with one attached hydrogen (secondary N) is 1. The Hall–Kier alpha value is -2.54. The lowest BCUT2D eigenvalue weighted by Gasteiger charge is -2.17. The SMILES string of the molecule is COc1cccc(C(=O)NC2CCN(Cc3c(C)noc3C)C2)c1OC. The molecule has 7 nitrogen and oxygen atoms in total. The fraction of sp³-hybridized carbons (Fsp3) is 0.474. The molecule has 0 spiro atoms. The quantitative estimate of drug-likeness (QED) is 0.853. The minimum atomic E-state index is -0.148. The molecule has 1 aromatic carbocycles. The number of para-hydroxylation sites is 1. The minimum absolute atomic E-state index is 0.0962. The highest BCUT2D eigenvalue weighted by Gasteiger charge is 2.27. The van der Waals surface area contributed by atoms with E-state index in [2.05, 4.69) is 15.4 Å². The highest BCUT2D eigenvalue weighted by atomic mass is 16.5. The molecule has 0 saturated carbocycles. The van der Waals surface area contributed by atoms with E-state index < -0.39 is 0 Å². The van der Waals surface area contributed by atoms with Gasteiger partial charge in [-0.2, -0.15) is 0 Å². The number of carbonyl (C=O) groups is 1. The third-order valence-corrected chi connectivity index (χ3v) is 4.82. The van der Waals surface area contributed by atoms with Gasteiger partial charge in [0.15, 0.2) is 11.5 Å². The van der Waals surface area contributed by atoms with Crippen molar-refractivity contribution >= 4 is 5.91 Å². The lowest BCUT2D eigenvalue weighted by molar-refractivity contribution is 0.0934. The Morgan fingerprint density at radius 3 is 2.81 bits per heavy atom. The van der Waals surface area contributed by atoms with Gasteiger partial charge in [-0.05, 0) is 32.4 Å². The number of aryl methyl sites for hydroxylation is 2. The number of rotatable bonds is 6. The van der Waals surface area contributed by atoms with Crippen LogP contribution in [0.5, 0.6) is 11.5 Å². The Balaban J connectivity index is 1.63. The summed E-state index contributed by atoms with van der Waals surface area (Å²) in [5, 5.41) is 7.11. The predicted molar refractivity (Wildman–Crippen MR) is 96.7 cm³/mol. The molecule has 1 aliphatic rings. The fourth-order valence-electron chi connectivity index (χ4n) is 3.37. The van der Waals surface area contributed by atoms with Gasteiger partial charge in [-0.25, -0.2) is 0 Å². The molecular formula is C19H25N3O4. The zero-order valence-electron chi connectivity index (χ0n) is 15.7. The average Bonchev–Trinajstić information content (AvgIpc) is 3.22. The van der Waals surface area contributed by atoms with Gasteiger partial charge in [0.05, 0.1) is 25.5 Å². The number of hydrogen-bond donors (Lipinski definition) is 1. The van der Waals surface area contributed by atoms with Gasteiger partial charge in [0.1, 0.15) is 5.76 Å². The molecule has 0 bridgehead atoms. The molecule has 1 aliphatic heterocycles. The lowest BCUT2D eigenvalue weighted by atomic mass is 10.1. The van der Waals surface area contributed by atoms with Gasteiger partial charge in [-0.1, -0.05) is 11.2 Å². The first kappa shape index (κ1) is 18.3. The Morgan fingerprint density at radius 2 is 2.15 bits per heavy atom. The number of amides is 1. The van der Waals surface area contributed by atoms with Crippen molar-refractivity contribution in [2.45, 2.75) is 32.9 Å². The third kappa shape index (κ3) is 3.67. The molecule has 26 heavy (non-hydrogen) atoms. The van der Waals surface area contributed by atoms with Crippen LogP contribution < -0.4 is 14.8 Å². The van der Waals surface area contributed by atoms with Gasteiger partial charge >= 0.3 is 0 Å². The molecule has 140 valence electrons. The molecule has 1 amide bonds. The summed E-state index contributed by atoms with van der Waals surface area (Å²) < 4.78 is 15.9. The van der Waals surface area contributed by atoms with E-state index in [1.165, 1.54) is 7.11 Å². The minimum Gasteiger partial charge on any atom is -0.493 e. The van der Waals surface area contributed by atoms with E-state index in [1.54, 1.807) is 25.3 Å². The monoisotopic (exact) mass is 359 g/mol. The van der Waals surface area contributed by atoms with Crippen LogP contribution in [0.1, 0.15) is 33.8 Å². The second-order valence-electron chi connectivity index (χ2n) is 6.54. The highest BCUT2D eigenvalue weighted by Crippen LogP contribution is 2.30. The fourth-order valence-corrected chi connectivity index (χ4v) is 3.37. The Morgan fingerprint density at radius 1 is 1.35 bits per heavy atom. The van der Waals surface area contributed by atoms with Crippen molar-refractivity contribution in [1.29, 1.82) is 0 Å². The second kappa shape index (κ2) is 7.78. The zero-order valence-corrected chi connectivity index (χ0v) is 15.7. The summed E-state index contributed by atoms with van der Waals surface area (Å²) in [5.41, 5.74) is 2.54. The number of ether oxygens (including phenoxy) is 2. The highest BCUT2D eigenvalue weighted by molar-refractivity contribution is 5.98. The summed E-state index contributed by atoms with van der Waals surface area (Å²) in [6, 6.07) is 5.40. The summed E-state index contributed by atoms with van der Waals surface area (Å²) in [4.78, 5) is 15.0. The molecular weight excluding hydrogens is 334 g/mol. The zero-order chi connectivity index (χ0) is 18.7. The predicted octanol–water partition coefficient (Wildman–Crippen LogP) is 2.31. The van der Waals surface area contributed by atoms with Crippen LogP contribution in [0.15, 0.2) is 22.7 Å². The summed E-state index contributed by atoms with van der Waals surface area (Å²) >= 11 is 0. The molecule has 1 atom stereocenters. The van der Waals surface area contributed by atoms with Crippen molar-refractivity contribution in [3.05, 3.63) is 40.8 Å². The molecule has 0 aliphatic carbocycles. The van der Waals surface area contributed by atoms with Crippen molar-refractivity contribution in [3.8, 4) is 11.5 Å². The number of methoxy groups -OCH3 is 2. The van der Waals surface area contributed by atoms with Crippen LogP contribution in [0.4, 0.5) is 0 Å². The third-order valence-electron chi connectivity index (χ3n) is 4.82. The largest absolute Gasteiger partial charge is 0.493 e. The molecule has 1 fully saturated rings. The number of benzene rings is 1. The number of hydrogen-bond acceptors (Lipinski definition) is 6. The smallest absolute Gasteiger partial charge is 0.255 e. The van der Waals surface area contributed by atoms with Crippen LogP contribution in [0.2, 0.25) is 0 Å². The molecule has 1 saturated heterocycles. The molecule has 2 aromatic rings. The number of aromatic nitrogens is 1. The first-order chi connectivity index (χ1) is 12.5. The standard InChI is InChI=1S/C19H25N3O4/c1-12-16(13(2)26-21-12)11-22-9-8-14(10-22)20-19(23)15-6-5-7-17(24-3)18(15)25-4/h5-7,14H,8-11H2,1-4H3,(H,20,23). The molecule has 0 radical (unpaired) electrons. The van der Waals surface area contributed by atoms with E-state index in [1.807, 2.05) is 13.8 Å². The Kier molecular flexibility index (Phi) is 5.46. The molecule has 1 unspecified atom stereocenters. The van der Waals surface area contributed by atoms with Gasteiger partial charge in [0, 0.05) is 31.2 Å². The van der Waals surface area contributed by atoms with Crippen molar-refractivity contribution in [3.63, 3.8) is 0 Å². The molecule has 1 N–H and O–H groups in total. The van der Waals surface area contributed by atoms with E-state index in [4.69, 9.17) is 14.0 Å². The van der Waals surface area contributed by atoms with Crippen LogP contribution in [0.25, 0.3) is 0 Å². The van der Waals surface area contributed by atoms with Gasteiger partial charge in [0.25, 0.3) is 5.91 Å². The van der Waals surface area contributed by atoms with E-state index in [0.29, 0.717) is 17.1 Å². The maximum atomic E-state index is 12.7. The summed E-state index contributed by atoms with van der Waals surface area (Å²) in [5.74, 6) is 1.71. The number of carbonyl (C=O) groups excluding carboxylic acids is 1. The summed E-state index contributed by atoms with van der Waals surface area (Å²) in [6.45, 7) is 6.39. The van der Waals surface area contributed by atoms with Gasteiger partial charge in [-0.3, -0.25) is 9.69 Å². The van der Waals surface area contributed by atoms with Gasteiger partial charge < -0.3 is 19.3 Å². The van der Waals surface area contributed by atoms with Crippen molar-refractivity contribution < 1.29 is 18.8 Å². The molecule has 3 rings (SSSR count). The number of likely N-dealkylation sites (tertiary alicyclic amines) is 1. The molecule has 1 aromatic heterocycles. The Bertz CT molecular complexity index is 768. The normalized spacial score (nSPS) is 17.3. The van der Waals surface area contributed by atoms with Crippen molar-refractivity contribution in [2.75, 3.05) is 27.3 Å². The van der Waals surface area contributed by atoms with Crippen LogP contribution in [0.3, 0.4) is 0 Å². The first-order valence-corrected chi connectivity index (χ1v) is 8.69. The van der Waals surface area contributed by atoms with Crippen molar-refractivity contribution in [2.24, 2.45) is 0 Å². The summed E-state index contributed by atoms with van der Waals surface area (Å²) in [7, 11) is 3.10. The lowest BCUT2D eigenvalue weighted by Crippen LogP contribution is -2.37. The van der Waals surface area contributed by atoms with Crippen LogP contribution in [-0.4, -0.2) is 49.3 Å². The van der Waals surface area contributed by atoms with Crippen molar-refractivity contribution in [1.82, 2.24) is 15.4 Å². The van der Waals surface area contributed by atoms with E-state index in [9.17, 15) is 4.79 Å². The molecule has 2 heterocycles. The van der Waals surface area contributed by atoms with Gasteiger partial charge in [-0.15, -0.1) is 0 Å². The average molecular weight is 359 g/mol. The van der Waals surface area contributed by atoms with E-state index in [-0.39, 0.29) is 11.9 Å². The maximum Gasteiger partial charge on any atom is 0.255 e. The molecule has 7 heteroatoms. The first-order valence-electron chi connectivity index (χ1n) is 8.69. The maximum absolute atomic E-state index is 12.7. The second-order valence-corrected chi connectivity index (χ2v) is 6.54. The van der Waals surface area contributed by atoms with Crippen LogP contribution in [-0.2, 0) is 6.54 Å².